The Labute approximate surface area is 156 Å². The van der Waals surface area contributed by atoms with Crippen molar-refractivity contribution in [3.05, 3.63) is 41.9 Å². The Morgan fingerprint density at radius 2 is 2.04 bits per heavy atom. The lowest BCUT2D eigenvalue weighted by atomic mass is 9.96. The van der Waals surface area contributed by atoms with E-state index in [1.54, 1.807) is 29.9 Å². The number of carbonyl (C=O) groups is 1. The van der Waals surface area contributed by atoms with Crippen molar-refractivity contribution in [2.45, 2.75) is 26.7 Å². The van der Waals surface area contributed by atoms with Gasteiger partial charge in [0.1, 0.15) is 5.82 Å². The predicted molar refractivity (Wildman–Crippen MR) is 105 cm³/mol. The monoisotopic (exact) mass is 367 g/mol. The van der Waals surface area contributed by atoms with Gasteiger partial charge in [0.2, 0.25) is 5.91 Å². The van der Waals surface area contributed by atoms with E-state index in [0.717, 1.165) is 47.5 Å². The highest BCUT2D eigenvalue weighted by Crippen LogP contribution is 2.30. The van der Waals surface area contributed by atoms with Gasteiger partial charge in [-0.1, -0.05) is 17.4 Å². The number of nitrogens with zero attached hydrogens (tertiary/aromatic N) is 4. The molecular formula is C19H21N5OS. The smallest absolute Gasteiger partial charge is 0.229 e. The van der Waals surface area contributed by atoms with Crippen LogP contribution in [0.4, 0.5) is 10.9 Å². The topological polar surface area (TPSA) is 71.0 Å². The van der Waals surface area contributed by atoms with Crippen LogP contribution in [0.3, 0.4) is 0 Å². The first kappa shape index (κ1) is 16.9. The molecule has 1 amide bonds. The molecule has 0 unspecified atom stereocenters. The van der Waals surface area contributed by atoms with Crippen molar-refractivity contribution in [2.24, 2.45) is 5.92 Å². The molecule has 134 valence electrons. The van der Waals surface area contributed by atoms with Crippen molar-refractivity contribution in [1.82, 2.24) is 15.0 Å². The molecule has 0 radical (unpaired) electrons. The van der Waals surface area contributed by atoms with E-state index in [1.165, 1.54) is 5.56 Å². The number of fused-ring (bicyclic) bond motifs is 1. The molecule has 0 atom stereocenters. The quantitative estimate of drug-likeness (QED) is 0.766. The summed E-state index contributed by atoms with van der Waals surface area (Å²) in [6, 6.07) is 4.24. The molecule has 3 heterocycles. The molecule has 1 fully saturated rings. The van der Waals surface area contributed by atoms with Crippen molar-refractivity contribution in [2.75, 3.05) is 23.3 Å². The molecule has 0 spiro atoms. The molecule has 7 heteroatoms. The highest BCUT2D eigenvalue weighted by atomic mass is 32.1. The zero-order valence-electron chi connectivity index (χ0n) is 14.9. The third-order valence-electron chi connectivity index (χ3n) is 4.80. The van der Waals surface area contributed by atoms with E-state index in [0.29, 0.717) is 5.13 Å². The van der Waals surface area contributed by atoms with Crippen molar-refractivity contribution in [1.29, 1.82) is 0 Å². The number of benzene rings is 1. The van der Waals surface area contributed by atoms with Gasteiger partial charge in [0.25, 0.3) is 0 Å². The Kier molecular flexibility index (Phi) is 4.55. The number of piperidine rings is 1. The van der Waals surface area contributed by atoms with Crippen LogP contribution in [0.15, 0.2) is 30.7 Å². The molecular weight excluding hydrogens is 346 g/mol. The van der Waals surface area contributed by atoms with E-state index >= 15 is 0 Å². The normalized spacial score (nSPS) is 15.4. The SMILES string of the molecule is Cc1cc(C)c2nc(NC(=O)C3CCN(c4cnccn4)CC3)sc2c1. The minimum absolute atomic E-state index is 0.0118. The summed E-state index contributed by atoms with van der Waals surface area (Å²) in [4.78, 5) is 27.9. The van der Waals surface area contributed by atoms with Crippen molar-refractivity contribution >= 4 is 38.4 Å². The second-order valence-corrected chi connectivity index (χ2v) is 7.79. The Morgan fingerprint density at radius 1 is 1.23 bits per heavy atom. The molecule has 0 aliphatic carbocycles. The van der Waals surface area contributed by atoms with E-state index in [9.17, 15) is 4.79 Å². The average Bonchev–Trinajstić information content (AvgIpc) is 3.05. The van der Waals surface area contributed by atoms with Gasteiger partial charge >= 0.3 is 0 Å². The van der Waals surface area contributed by atoms with Crippen LogP contribution >= 0.6 is 11.3 Å². The summed E-state index contributed by atoms with van der Waals surface area (Å²) in [6.07, 6.45) is 6.76. The maximum Gasteiger partial charge on any atom is 0.229 e. The van der Waals surface area contributed by atoms with E-state index in [2.05, 4.69) is 51.1 Å². The highest BCUT2D eigenvalue weighted by Gasteiger charge is 2.26. The third-order valence-corrected chi connectivity index (χ3v) is 5.72. The Hall–Kier alpha value is -2.54. The summed E-state index contributed by atoms with van der Waals surface area (Å²) in [6.45, 7) is 5.77. The first-order chi connectivity index (χ1) is 12.6. The minimum atomic E-state index is 0.0118. The average molecular weight is 367 g/mol. The minimum Gasteiger partial charge on any atom is -0.355 e. The highest BCUT2D eigenvalue weighted by molar-refractivity contribution is 7.22. The molecule has 1 saturated heterocycles. The summed E-state index contributed by atoms with van der Waals surface area (Å²) in [5.74, 6) is 0.957. The number of hydrogen-bond donors (Lipinski definition) is 1. The van der Waals surface area contributed by atoms with Crippen LogP contribution in [0, 0.1) is 19.8 Å². The van der Waals surface area contributed by atoms with Gasteiger partial charge in [0, 0.05) is 31.4 Å². The number of carbonyl (C=O) groups excluding carboxylic acids is 1. The van der Waals surface area contributed by atoms with Gasteiger partial charge in [-0.15, -0.1) is 0 Å². The van der Waals surface area contributed by atoms with Crippen molar-refractivity contribution in [3.63, 3.8) is 0 Å². The third kappa shape index (κ3) is 3.39. The molecule has 3 aromatic rings. The maximum atomic E-state index is 12.6. The molecule has 1 aliphatic heterocycles. The molecule has 1 aromatic carbocycles. The second-order valence-electron chi connectivity index (χ2n) is 6.76. The lowest BCUT2D eigenvalue weighted by Crippen LogP contribution is -2.38. The van der Waals surface area contributed by atoms with E-state index in [-0.39, 0.29) is 11.8 Å². The molecule has 0 saturated carbocycles. The van der Waals surface area contributed by atoms with Crippen LogP contribution in [0.5, 0.6) is 0 Å². The van der Waals surface area contributed by atoms with Crippen LogP contribution in [0.2, 0.25) is 0 Å². The molecule has 1 aliphatic rings. The first-order valence-electron chi connectivity index (χ1n) is 8.80. The zero-order valence-corrected chi connectivity index (χ0v) is 15.7. The van der Waals surface area contributed by atoms with Gasteiger partial charge in [-0.2, -0.15) is 0 Å². The van der Waals surface area contributed by atoms with Crippen LogP contribution in [-0.4, -0.2) is 33.9 Å². The molecule has 4 rings (SSSR count). The molecule has 1 N–H and O–H groups in total. The number of aryl methyl sites for hydroxylation is 2. The van der Waals surface area contributed by atoms with E-state index in [1.807, 2.05) is 0 Å². The Bertz CT molecular complexity index is 932. The van der Waals surface area contributed by atoms with Gasteiger partial charge in [-0.05, 0) is 43.9 Å². The van der Waals surface area contributed by atoms with Crippen LogP contribution in [0.1, 0.15) is 24.0 Å². The number of aromatic nitrogens is 3. The summed E-state index contributed by atoms with van der Waals surface area (Å²) < 4.78 is 1.12. The van der Waals surface area contributed by atoms with Crippen molar-refractivity contribution < 1.29 is 4.79 Å². The molecule has 2 aromatic heterocycles. The Morgan fingerprint density at radius 3 is 2.77 bits per heavy atom. The van der Waals surface area contributed by atoms with Gasteiger partial charge in [-0.25, -0.2) is 9.97 Å². The predicted octanol–water partition coefficient (Wildman–Crippen LogP) is 3.56. The summed E-state index contributed by atoms with van der Waals surface area (Å²) in [7, 11) is 0. The maximum absolute atomic E-state index is 12.6. The summed E-state index contributed by atoms with van der Waals surface area (Å²) in [5.41, 5.74) is 3.34. The molecule has 26 heavy (non-hydrogen) atoms. The van der Waals surface area contributed by atoms with Gasteiger partial charge in [-0.3, -0.25) is 9.78 Å². The first-order valence-corrected chi connectivity index (χ1v) is 9.61. The second kappa shape index (κ2) is 6.99. The lowest BCUT2D eigenvalue weighted by molar-refractivity contribution is -0.120. The van der Waals surface area contributed by atoms with E-state index < -0.39 is 0 Å². The fourth-order valence-electron chi connectivity index (χ4n) is 3.46. The largest absolute Gasteiger partial charge is 0.355 e. The Balaban J connectivity index is 1.41. The number of amides is 1. The van der Waals surface area contributed by atoms with E-state index in [4.69, 9.17) is 0 Å². The van der Waals surface area contributed by atoms with Crippen molar-refractivity contribution in [3.8, 4) is 0 Å². The fourth-order valence-corrected chi connectivity index (χ4v) is 4.50. The molecule has 0 bridgehead atoms. The molecule has 6 nitrogen and oxygen atoms in total. The standard InChI is InChI=1S/C19H21N5OS/c1-12-9-13(2)17-15(10-12)26-19(22-17)23-18(25)14-3-7-24(8-4-14)16-11-20-5-6-21-16/h5-6,9-11,14H,3-4,7-8H2,1-2H3,(H,22,23,25). The number of anilines is 2. The lowest BCUT2D eigenvalue weighted by Gasteiger charge is -2.31. The number of nitrogens with one attached hydrogen (secondary N) is 1. The summed E-state index contributed by atoms with van der Waals surface area (Å²) >= 11 is 1.54. The van der Waals surface area contributed by atoms with Crippen LogP contribution in [-0.2, 0) is 4.79 Å². The fraction of sp³-hybridized carbons (Fsp3) is 0.368. The van der Waals surface area contributed by atoms with Gasteiger partial charge < -0.3 is 10.2 Å². The van der Waals surface area contributed by atoms with Crippen LogP contribution in [0.25, 0.3) is 10.2 Å². The summed E-state index contributed by atoms with van der Waals surface area (Å²) in [5, 5.41) is 3.71. The van der Waals surface area contributed by atoms with Crippen LogP contribution < -0.4 is 10.2 Å². The zero-order chi connectivity index (χ0) is 18.1. The number of hydrogen-bond acceptors (Lipinski definition) is 6. The number of rotatable bonds is 3. The number of thiazole rings is 1. The van der Waals surface area contributed by atoms with Gasteiger partial charge in [0.05, 0.1) is 16.4 Å². The van der Waals surface area contributed by atoms with Gasteiger partial charge in [0.15, 0.2) is 5.13 Å².